The van der Waals surface area contributed by atoms with Crippen LogP contribution in [-0.4, -0.2) is 16.7 Å². The van der Waals surface area contributed by atoms with Gasteiger partial charge < -0.3 is 18.5 Å². The first kappa shape index (κ1) is 29.0. The maximum Gasteiger partial charge on any atom is 0.307 e. The third-order valence-electron chi connectivity index (χ3n) is 7.24. The van der Waals surface area contributed by atoms with Gasteiger partial charge in [0.25, 0.3) is 0 Å². The minimum Gasteiger partial charge on any atom is -0.488 e. The molecule has 0 bridgehead atoms. The number of aromatic nitrogens is 1. The van der Waals surface area contributed by atoms with E-state index < -0.39 is 5.91 Å². The third kappa shape index (κ3) is 6.61. The Hall–Kier alpha value is -5.08. The van der Waals surface area contributed by atoms with E-state index in [0.29, 0.717) is 29.4 Å². The van der Waals surface area contributed by atoms with Gasteiger partial charge in [0.05, 0.1) is 6.21 Å². The van der Waals surface area contributed by atoms with E-state index in [4.69, 9.17) is 13.9 Å². The molecule has 2 aromatic heterocycles. The Morgan fingerprint density at radius 1 is 0.864 bits per heavy atom. The van der Waals surface area contributed by atoms with Gasteiger partial charge in [-0.25, -0.2) is 5.43 Å². The zero-order chi connectivity index (χ0) is 30.5. The third-order valence-corrected chi connectivity index (χ3v) is 7.73. The monoisotopic (exact) mass is 647 g/mol. The Bertz CT molecular complexity index is 1930. The maximum absolute atomic E-state index is 12.7. The summed E-state index contributed by atoms with van der Waals surface area (Å²) in [5.74, 6) is 1.54. The number of furan rings is 1. The van der Waals surface area contributed by atoms with Gasteiger partial charge in [-0.1, -0.05) is 58.4 Å². The molecule has 0 fully saturated rings. The van der Waals surface area contributed by atoms with Gasteiger partial charge in [0, 0.05) is 27.1 Å². The van der Waals surface area contributed by atoms with Crippen molar-refractivity contribution in [1.82, 2.24) is 9.99 Å². The number of nitrogens with zero attached hydrogens (tertiary/aromatic N) is 2. The van der Waals surface area contributed by atoms with Gasteiger partial charge in [-0.3, -0.25) is 4.79 Å². The van der Waals surface area contributed by atoms with Gasteiger partial charge in [0.1, 0.15) is 30.5 Å². The molecule has 0 atom stereocenters. The molecule has 0 aliphatic carbocycles. The predicted molar refractivity (Wildman–Crippen MR) is 176 cm³/mol. The number of hydrazone groups is 1. The Morgan fingerprint density at radius 3 is 2.45 bits per heavy atom. The van der Waals surface area contributed by atoms with Crippen LogP contribution >= 0.6 is 15.9 Å². The van der Waals surface area contributed by atoms with E-state index >= 15 is 0 Å². The van der Waals surface area contributed by atoms with Crippen LogP contribution in [0.15, 0.2) is 123 Å². The summed E-state index contributed by atoms with van der Waals surface area (Å²) in [6.45, 7) is 4.74. The van der Waals surface area contributed by atoms with Crippen LogP contribution in [0.5, 0.6) is 11.5 Å². The number of rotatable bonds is 10. The Kier molecular flexibility index (Phi) is 8.61. The molecule has 4 aromatic carbocycles. The highest BCUT2D eigenvalue weighted by Gasteiger charge is 2.12. The Labute approximate surface area is 263 Å². The fraction of sp³-hybridized carbons (Fsp3) is 0.111. The molecule has 7 nitrogen and oxygen atoms in total. The van der Waals surface area contributed by atoms with E-state index in [-0.39, 0.29) is 12.4 Å². The van der Waals surface area contributed by atoms with Crippen molar-refractivity contribution in [2.45, 2.75) is 27.1 Å². The quantitative estimate of drug-likeness (QED) is 0.119. The molecular weight excluding hydrogens is 618 g/mol. The van der Waals surface area contributed by atoms with Crippen LogP contribution in [0.1, 0.15) is 38.8 Å². The summed E-state index contributed by atoms with van der Waals surface area (Å²) in [4.78, 5) is 12.7. The lowest BCUT2D eigenvalue weighted by Crippen LogP contribution is -2.16. The lowest BCUT2D eigenvalue weighted by molar-refractivity contribution is 0.0923. The molecule has 2 heterocycles. The number of carbonyl (C=O) groups excluding carboxylic acids is 1. The highest BCUT2D eigenvalue weighted by atomic mass is 79.9. The van der Waals surface area contributed by atoms with Crippen molar-refractivity contribution < 1.29 is 18.7 Å². The van der Waals surface area contributed by atoms with Gasteiger partial charge in [-0.05, 0) is 96.9 Å². The van der Waals surface area contributed by atoms with Crippen LogP contribution in [0.2, 0.25) is 0 Å². The topological polar surface area (TPSA) is 78.0 Å². The predicted octanol–water partition coefficient (Wildman–Crippen LogP) is 8.52. The summed E-state index contributed by atoms with van der Waals surface area (Å²) in [5.41, 5.74) is 7.73. The minimum absolute atomic E-state index is 0.135. The summed E-state index contributed by atoms with van der Waals surface area (Å²) >= 11 is 3.50. The number of carbonyl (C=O) groups is 1. The molecule has 1 N–H and O–H groups in total. The molecule has 0 radical (unpaired) electrons. The second-order valence-corrected chi connectivity index (χ2v) is 11.2. The van der Waals surface area contributed by atoms with Crippen LogP contribution in [0.4, 0.5) is 0 Å². The molecule has 6 aromatic rings. The number of hydrogen-bond acceptors (Lipinski definition) is 5. The van der Waals surface area contributed by atoms with Crippen molar-refractivity contribution in [1.29, 1.82) is 0 Å². The van der Waals surface area contributed by atoms with Gasteiger partial charge in [-0.2, -0.15) is 5.10 Å². The summed E-state index contributed by atoms with van der Waals surface area (Å²) in [7, 11) is 0. The van der Waals surface area contributed by atoms with Crippen molar-refractivity contribution in [2.24, 2.45) is 5.10 Å². The first-order chi connectivity index (χ1) is 21.4. The van der Waals surface area contributed by atoms with Crippen molar-refractivity contribution in [3.05, 3.63) is 148 Å². The molecule has 220 valence electrons. The number of nitrogens with one attached hydrogen (secondary N) is 1. The summed E-state index contributed by atoms with van der Waals surface area (Å²) in [6.07, 6.45) is 1.55. The second-order valence-electron chi connectivity index (χ2n) is 10.3. The van der Waals surface area contributed by atoms with Crippen LogP contribution in [-0.2, 0) is 13.2 Å². The Morgan fingerprint density at radius 2 is 1.64 bits per heavy atom. The largest absolute Gasteiger partial charge is 0.488 e. The second kappa shape index (κ2) is 13.1. The van der Waals surface area contributed by atoms with E-state index in [9.17, 15) is 4.79 Å². The molecule has 0 spiro atoms. The molecule has 0 aliphatic rings. The average molecular weight is 649 g/mol. The van der Waals surface area contributed by atoms with Crippen LogP contribution in [0.3, 0.4) is 0 Å². The van der Waals surface area contributed by atoms with Crippen molar-refractivity contribution >= 4 is 38.8 Å². The number of ether oxygens (including phenoxy) is 2. The number of amides is 1. The Balaban J connectivity index is 1.05. The van der Waals surface area contributed by atoms with Crippen molar-refractivity contribution in [2.75, 3.05) is 0 Å². The van der Waals surface area contributed by atoms with Crippen molar-refractivity contribution in [3.63, 3.8) is 0 Å². The molecular formula is C36H30BrN3O4. The number of aryl methyl sites for hydroxylation is 2. The standard InChI is InChI=1S/C36H30BrN3O4/c1-24-10-11-25(2)40(24)30-13-15-31(16-14-30)42-23-32-17-19-35(44-32)36(41)39-38-21-28-20-29(37)12-18-34(28)43-22-27-8-5-7-26-6-3-4-9-33(26)27/h3-21H,22-23H2,1-2H3,(H,39,41)/b38-21+. The highest BCUT2D eigenvalue weighted by Crippen LogP contribution is 2.25. The molecule has 6 rings (SSSR count). The molecule has 0 unspecified atom stereocenters. The lowest BCUT2D eigenvalue weighted by atomic mass is 10.1. The fourth-order valence-electron chi connectivity index (χ4n) is 5.04. The van der Waals surface area contributed by atoms with E-state index in [1.54, 1.807) is 18.3 Å². The average Bonchev–Trinajstić information content (AvgIpc) is 3.65. The first-order valence-electron chi connectivity index (χ1n) is 14.1. The van der Waals surface area contributed by atoms with Crippen LogP contribution in [0.25, 0.3) is 16.5 Å². The van der Waals surface area contributed by atoms with Gasteiger partial charge in [-0.15, -0.1) is 0 Å². The van der Waals surface area contributed by atoms with Crippen LogP contribution < -0.4 is 14.9 Å². The molecule has 0 saturated heterocycles. The maximum atomic E-state index is 12.7. The number of hydrogen-bond donors (Lipinski definition) is 1. The normalized spacial score (nSPS) is 11.2. The number of halogens is 1. The van der Waals surface area contributed by atoms with Crippen LogP contribution in [0, 0.1) is 13.8 Å². The number of benzene rings is 4. The smallest absolute Gasteiger partial charge is 0.307 e. The van der Waals surface area contributed by atoms with Crippen molar-refractivity contribution in [3.8, 4) is 17.2 Å². The van der Waals surface area contributed by atoms with E-state index in [0.717, 1.165) is 26.5 Å². The van der Waals surface area contributed by atoms with E-state index in [2.05, 4.69) is 81.3 Å². The minimum atomic E-state index is -0.470. The van der Waals surface area contributed by atoms with Gasteiger partial charge >= 0.3 is 5.91 Å². The molecule has 8 heteroatoms. The molecule has 0 aliphatic heterocycles. The summed E-state index contributed by atoms with van der Waals surface area (Å²) in [5, 5.41) is 6.46. The molecule has 0 saturated carbocycles. The first-order valence-corrected chi connectivity index (χ1v) is 14.9. The molecule has 44 heavy (non-hydrogen) atoms. The summed E-state index contributed by atoms with van der Waals surface area (Å²) < 4.78 is 20.8. The number of fused-ring (bicyclic) bond motifs is 1. The van der Waals surface area contributed by atoms with E-state index in [1.807, 2.05) is 60.7 Å². The lowest BCUT2D eigenvalue weighted by Gasteiger charge is -2.11. The SMILES string of the molecule is Cc1ccc(C)n1-c1ccc(OCc2ccc(C(=O)N/N=C/c3cc(Br)ccc3OCc3cccc4ccccc34)o2)cc1. The zero-order valence-corrected chi connectivity index (χ0v) is 25.9. The molecule has 1 amide bonds. The highest BCUT2D eigenvalue weighted by molar-refractivity contribution is 9.10. The fourth-order valence-corrected chi connectivity index (χ4v) is 5.42. The van der Waals surface area contributed by atoms with Gasteiger partial charge in [0.15, 0.2) is 5.76 Å². The van der Waals surface area contributed by atoms with E-state index in [1.165, 1.54) is 11.4 Å². The summed E-state index contributed by atoms with van der Waals surface area (Å²) in [6, 6.07) is 35.4. The van der Waals surface area contributed by atoms with Gasteiger partial charge in [0.2, 0.25) is 0 Å². The zero-order valence-electron chi connectivity index (χ0n) is 24.3.